The highest BCUT2D eigenvalue weighted by Crippen LogP contribution is 2.10. The molecule has 1 rings (SSSR count). The summed E-state index contributed by atoms with van der Waals surface area (Å²) in [6.07, 6.45) is 4.35. The minimum absolute atomic E-state index is 1.10. The van der Waals surface area contributed by atoms with Gasteiger partial charge in [0.25, 0.3) is 0 Å². The smallest absolute Gasteiger partial charge is 0.150 e. The SMILES string of the molecule is CCCN(CCC)c1ccn(C)n1. The van der Waals surface area contributed by atoms with Crippen LogP contribution in [0.15, 0.2) is 12.3 Å². The summed E-state index contributed by atoms with van der Waals surface area (Å²) in [6.45, 7) is 6.60. The molecule has 0 amide bonds. The second-order valence-corrected chi connectivity index (χ2v) is 3.33. The van der Waals surface area contributed by atoms with Crippen LogP contribution in [-0.2, 0) is 7.05 Å². The van der Waals surface area contributed by atoms with Crippen LogP contribution in [0.3, 0.4) is 0 Å². The maximum absolute atomic E-state index is 4.39. The van der Waals surface area contributed by atoms with Gasteiger partial charge in [-0.2, -0.15) is 5.10 Å². The van der Waals surface area contributed by atoms with Gasteiger partial charge in [0.2, 0.25) is 0 Å². The fourth-order valence-corrected chi connectivity index (χ4v) is 1.45. The summed E-state index contributed by atoms with van der Waals surface area (Å²) in [6, 6.07) is 2.07. The standard InChI is InChI=1S/C10H19N3/c1-4-7-13(8-5-2)10-6-9-12(3)11-10/h6,9H,4-5,7-8H2,1-3H3. The highest BCUT2D eigenvalue weighted by molar-refractivity contribution is 5.36. The fourth-order valence-electron chi connectivity index (χ4n) is 1.45. The van der Waals surface area contributed by atoms with Gasteiger partial charge in [-0.25, -0.2) is 0 Å². The van der Waals surface area contributed by atoms with E-state index in [1.807, 2.05) is 17.9 Å². The number of aromatic nitrogens is 2. The number of anilines is 1. The molecule has 74 valence electrons. The zero-order valence-corrected chi connectivity index (χ0v) is 8.82. The molecule has 0 N–H and O–H groups in total. The van der Waals surface area contributed by atoms with Crippen molar-refractivity contribution in [2.75, 3.05) is 18.0 Å². The first-order valence-corrected chi connectivity index (χ1v) is 5.02. The summed E-state index contributed by atoms with van der Waals surface area (Å²) < 4.78 is 1.85. The molecule has 0 spiro atoms. The number of hydrogen-bond acceptors (Lipinski definition) is 2. The Balaban J connectivity index is 2.63. The van der Waals surface area contributed by atoms with Crippen molar-refractivity contribution in [2.24, 2.45) is 7.05 Å². The molecule has 0 aliphatic carbocycles. The summed E-state index contributed by atoms with van der Waals surface area (Å²) >= 11 is 0. The molecular weight excluding hydrogens is 162 g/mol. The van der Waals surface area contributed by atoms with Crippen molar-refractivity contribution in [3.63, 3.8) is 0 Å². The Morgan fingerprint density at radius 1 is 1.31 bits per heavy atom. The molecule has 1 aromatic rings. The van der Waals surface area contributed by atoms with Gasteiger partial charge in [-0.05, 0) is 12.8 Å². The second kappa shape index (κ2) is 4.90. The predicted octanol–water partition coefficient (Wildman–Crippen LogP) is 2.05. The Bertz CT molecular complexity index is 236. The fraction of sp³-hybridized carbons (Fsp3) is 0.700. The molecule has 0 saturated heterocycles. The molecule has 0 radical (unpaired) electrons. The number of rotatable bonds is 5. The van der Waals surface area contributed by atoms with Crippen LogP contribution in [0.1, 0.15) is 26.7 Å². The first-order chi connectivity index (χ1) is 6.27. The Morgan fingerprint density at radius 3 is 2.31 bits per heavy atom. The van der Waals surface area contributed by atoms with Gasteiger partial charge >= 0.3 is 0 Å². The molecule has 13 heavy (non-hydrogen) atoms. The van der Waals surface area contributed by atoms with Crippen molar-refractivity contribution in [3.05, 3.63) is 12.3 Å². The van der Waals surface area contributed by atoms with Crippen LogP contribution in [0, 0.1) is 0 Å². The molecule has 0 fully saturated rings. The molecular formula is C10H19N3. The second-order valence-electron chi connectivity index (χ2n) is 3.33. The van der Waals surface area contributed by atoms with E-state index in [4.69, 9.17) is 0 Å². The van der Waals surface area contributed by atoms with Gasteiger partial charge < -0.3 is 4.90 Å². The predicted molar refractivity (Wildman–Crippen MR) is 56.0 cm³/mol. The molecule has 0 aliphatic heterocycles. The largest absolute Gasteiger partial charge is 0.355 e. The van der Waals surface area contributed by atoms with Crippen molar-refractivity contribution in [3.8, 4) is 0 Å². The highest BCUT2D eigenvalue weighted by atomic mass is 15.3. The van der Waals surface area contributed by atoms with Gasteiger partial charge in [-0.1, -0.05) is 13.8 Å². The van der Waals surface area contributed by atoms with Crippen LogP contribution in [-0.4, -0.2) is 22.9 Å². The van der Waals surface area contributed by atoms with Crippen LogP contribution in [0.2, 0.25) is 0 Å². The van der Waals surface area contributed by atoms with Crippen molar-refractivity contribution in [1.29, 1.82) is 0 Å². The molecule has 3 heteroatoms. The average molecular weight is 181 g/mol. The lowest BCUT2D eigenvalue weighted by molar-refractivity contribution is 0.704. The Hall–Kier alpha value is -0.990. The van der Waals surface area contributed by atoms with E-state index >= 15 is 0 Å². The van der Waals surface area contributed by atoms with E-state index in [1.54, 1.807) is 0 Å². The third kappa shape index (κ3) is 2.76. The first-order valence-electron chi connectivity index (χ1n) is 5.02. The summed E-state index contributed by atoms with van der Waals surface area (Å²) in [5, 5.41) is 4.39. The molecule has 0 unspecified atom stereocenters. The lowest BCUT2D eigenvalue weighted by Gasteiger charge is -2.20. The third-order valence-electron chi connectivity index (χ3n) is 2.01. The van der Waals surface area contributed by atoms with Crippen LogP contribution in [0.5, 0.6) is 0 Å². The molecule has 0 saturated carbocycles. The van der Waals surface area contributed by atoms with Crippen molar-refractivity contribution in [2.45, 2.75) is 26.7 Å². The van der Waals surface area contributed by atoms with Gasteiger partial charge in [0, 0.05) is 32.4 Å². The Labute approximate surface area is 80.4 Å². The monoisotopic (exact) mass is 181 g/mol. The van der Waals surface area contributed by atoms with E-state index in [-0.39, 0.29) is 0 Å². The molecule has 1 aromatic heterocycles. The molecule has 3 nitrogen and oxygen atoms in total. The van der Waals surface area contributed by atoms with E-state index in [0.717, 1.165) is 18.9 Å². The lowest BCUT2D eigenvalue weighted by atomic mass is 10.3. The highest BCUT2D eigenvalue weighted by Gasteiger charge is 2.05. The van der Waals surface area contributed by atoms with Crippen LogP contribution in [0.4, 0.5) is 5.82 Å². The van der Waals surface area contributed by atoms with Crippen LogP contribution >= 0.6 is 0 Å². The summed E-state index contributed by atoms with van der Waals surface area (Å²) in [5.74, 6) is 1.10. The Kier molecular flexibility index (Phi) is 3.80. The summed E-state index contributed by atoms with van der Waals surface area (Å²) in [5.41, 5.74) is 0. The molecule has 1 heterocycles. The average Bonchev–Trinajstić information content (AvgIpc) is 2.51. The molecule has 0 aliphatic rings. The number of hydrogen-bond donors (Lipinski definition) is 0. The van der Waals surface area contributed by atoms with E-state index in [1.165, 1.54) is 12.8 Å². The zero-order valence-electron chi connectivity index (χ0n) is 8.82. The number of aryl methyl sites for hydroxylation is 1. The van der Waals surface area contributed by atoms with E-state index < -0.39 is 0 Å². The van der Waals surface area contributed by atoms with Gasteiger partial charge in [0.05, 0.1) is 0 Å². The Morgan fingerprint density at radius 2 is 1.92 bits per heavy atom. The van der Waals surface area contributed by atoms with E-state index in [9.17, 15) is 0 Å². The normalized spacial score (nSPS) is 10.4. The summed E-state index contributed by atoms with van der Waals surface area (Å²) in [4.78, 5) is 2.33. The molecule has 0 aromatic carbocycles. The third-order valence-corrected chi connectivity index (χ3v) is 2.01. The number of nitrogens with zero attached hydrogens (tertiary/aromatic N) is 3. The molecule has 0 atom stereocenters. The van der Waals surface area contributed by atoms with Crippen molar-refractivity contribution in [1.82, 2.24) is 9.78 Å². The quantitative estimate of drug-likeness (QED) is 0.693. The van der Waals surface area contributed by atoms with Gasteiger partial charge in [-0.3, -0.25) is 4.68 Å². The summed E-state index contributed by atoms with van der Waals surface area (Å²) in [7, 11) is 1.96. The molecule has 0 bridgehead atoms. The van der Waals surface area contributed by atoms with Gasteiger partial charge in [-0.15, -0.1) is 0 Å². The van der Waals surface area contributed by atoms with E-state index in [2.05, 4.69) is 29.9 Å². The van der Waals surface area contributed by atoms with Crippen molar-refractivity contribution < 1.29 is 0 Å². The van der Waals surface area contributed by atoms with Crippen LogP contribution in [0.25, 0.3) is 0 Å². The topological polar surface area (TPSA) is 21.1 Å². The van der Waals surface area contributed by atoms with E-state index in [0.29, 0.717) is 0 Å². The zero-order chi connectivity index (χ0) is 9.68. The first kappa shape index (κ1) is 10.1. The van der Waals surface area contributed by atoms with Crippen molar-refractivity contribution >= 4 is 5.82 Å². The minimum Gasteiger partial charge on any atom is -0.355 e. The minimum atomic E-state index is 1.10. The lowest BCUT2D eigenvalue weighted by Crippen LogP contribution is -2.25. The van der Waals surface area contributed by atoms with Gasteiger partial charge in [0.1, 0.15) is 0 Å². The maximum Gasteiger partial charge on any atom is 0.150 e. The maximum atomic E-state index is 4.39. The van der Waals surface area contributed by atoms with Gasteiger partial charge in [0.15, 0.2) is 5.82 Å². The van der Waals surface area contributed by atoms with Crippen LogP contribution < -0.4 is 4.90 Å².